The molecule has 0 aliphatic carbocycles. The fourth-order valence-electron chi connectivity index (χ4n) is 2.36. The van der Waals surface area contributed by atoms with E-state index in [1.807, 2.05) is 0 Å². The van der Waals surface area contributed by atoms with Gasteiger partial charge in [-0.3, -0.25) is 0 Å². The van der Waals surface area contributed by atoms with Crippen LogP contribution in [0, 0.1) is 0 Å². The van der Waals surface area contributed by atoms with Crippen molar-refractivity contribution in [3.63, 3.8) is 0 Å². The topological polar surface area (TPSA) is 34.0 Å². The lowest BCUT2D eigenvalue weighted by Gasteiger charge is -2.19. The second kappa shape index (κ2) is 4.80. The third-order valence-corrected chi connectivity index (χ3v) is 3.41. The summed E-state index contributed by atoms with van der Waals surface area (Å²) in [5.74, 6) is 0. The van der Waals surface area contributed by atoms with Crippen LogP contribution < -0.4 is 5.32 Å². The molecule has 6 heteroatoms. The van der Waals surface area contributed by atoms with Gasteiger partial charge in [0.25, 0.3) is 0 Å². The average molecular weight is 292 g/mol. The van der Waals surface area contributed by atoms with E-state index in [1.165, 1.54) is 12.1 Å². The van der Waals surface area contributed by atoms with Crippen LogP contribution in [0.15, 0.2) is 42.6 Å². The van der Waals surface area contributed by atoms with Gasteiger partial charge < -0.3 is 14.7 Å². The maximum absolute atomic E-state index is 12.6. The summed E-state index contributed by atoms with van der Waals surface area (Å²) in [6.45, 7) is 0. The van der Waals surface area contributed by atoms with Crippen molar-refractivity contribution in [2.45, 2.75) is 12.2 Å². The monoisotopic (exact) mass is 292 g/mol. The first-order valence-corrected chi connectivity index (χ1v) is 6.27. The molecule has 0 saturated carbocycles. The number of halogens is 3. The lowest BCUT2D eigenvalue weighted by atomic mass is 10.1. The Balaban J connectivity index is 2.01. The quantitative estimate of drug-likeness (QED) is 0.860. The van der Waals surface area contributed by atoms with E-state index >= 15 is 0 Å². The van der Waals surface area contributed by atoms with Crippen LogP contribution in [-0.4, -0.2) is 10.9 Å². The first kappa shape index (κ1) is 13.5. The number of aromatic nitrogens is 1. The van der Waals surface area contributed by atoms with E-state index in [0.717, 1.165) is 29.8 Å². The standard InChI is InChI=1S/C15H11F3N2O/c16-15(17,18)11-3-1-10(2-4-11)13-5-6-14-12(9-21)19-7-8-20(13)14/h1-9,12,19H. The molecule has 1 atom stereocenters. The van der Waals surface area contributed by atoms with Gasteiger partial charge in [-0.1, -0.05) is 12.1 Å². The van der Waals surface area contributed by atoms with Crippen LogP contribution in [0.5, 0.6) is 0 Å². The van der Waals surface area contributed by atoms with Gasteiger partial charge in [-0.15, -0.1) is 0 Å². The zero-order chi connectivity index (χ0) is 15.0. The molecule has 0 saturated heterocycles. The van der Waals surface area contributed by atoms with Crippen LogP contribution in [0.3, 0.4) is 0 Å². The zero-order valence-corrected chi connectivity index (χ0v) is 10.8. The Kier molecular flexibility index (Phi) is 3.08. The number of carbonyl (C=O) groups excluding carboxylic acids is 1. The SMILES string of the molecule is O=CC1NC=Cn2c(-c3ccc(C(F)(F)F)cc3)ccc21. The summed E-state index contributed by atoms with van der Waals surface area (Å²) in [7, 11) is 0. The molecule has 3 nitrogen and oxygen atoms in total. The predicted octanol–water partition coefficient (Wildman–Crippen LogP) is 3.45. The number of fused-ring (bicyclic) bond motifs is 1. The van der Waals surface area contributed by atoms with Gasteiger partial charge in [0, 0.05) is 12.4 Å². The smallest absolute Gasteiger partial charge is 0.375 e. The average Bonchev–Trinajstić information content (AvgIpc) is 2.90. The van der Waals surface area contributed by atoms with Crippen LogP contribution in [0.25, 0.3) is 17.5 Å². The summed E-state index contributed by atoms with van der Waals surface area (Å²) >= 11 is 0. The number of nitrogens with zero attached hydrogens (tertiary/aromatic N) is 1. The van der Waals surface area contributed by atoms with Gasteiger partial charge in [0.15, 0.2) is 0 Å². The maximum Gasteiger partial charge on any atom is 0.416 e. The molecule has 3 rings (SSSR count). The third kappa shape index (κ3) is 2.33. The molecular weight excluding hydrogens is 281 g/mol. The molecule has 1 unspecified atom stereocenters. The number of rotatable bonds is 2. The highest BCUT2D eigenvalue weighted by atomic mass is 19.4. The molecule has 0 fully saturated rings. The fourth-order valence-corrected chi connectivity index (χ4v) is 2.36. The highest BCUT2D eigenvalue weighted by Crippen LogP contribution is 2.32. The van der Waals surface area contributed by atoms with Crippen LogP contribution in [0.2, 0.25) is 0 Å². The van der Waals surface area contributed by atoms with E-state index in [0.29, 0.717) is 5.56 Å². The number of hydrogen-bond acceptors (Lipinski definition) is 2. The van der Waals surface area contributed by atoms with Crippen molar-refractivity contribution in [3.8, 4) is 11.3 Å². The van der Waals surface area contributed by atoms with E-state index in [4.69, 9.17) is 0 Å². The third-order valence-electron chi connectivity index (χ3n) is 3.41. The molecule has 2 aromatic rings. The maximum atomic E-state index is 12.6. The molecule has 2 heterocycles. The van der Waals surface area contributed by atoms with Crippen LogP contribution in [-0.2, 0) is 11.0 Å². The second-order valence-electron chi connectivity index (χ2n) is 4.68. The first-order chi connectivity index (χ1) is 10.0. The highest BCUT2D eigenvalue weighted by Gasteiger charge is 2.30. The van der Waals surface area contributed by atoms with E-state index < -0.39 is 17.8 Å². The van der Waals surface area contributed by atoms with Crippen molar-refractivity contribution in [1.29, 1.82) is 0 Å². The van der Waals surface area contributed by atoms with Crippen LogP contribution in [0.4, 0.5) is 13.2 Å². The Hall–Kier alpha value is -2.50. The van der Waals surface area contributed by atoms with Gasteiger partial charge in [-0.25, -0.2) is 0 Å². The lowest BCUT2D eigenvalue weighted by molar-refractivity contribution is -0.137. The van der Waals surface area contributed by atoms with Gasteiger partial charge in [0.05, 0.1) is 17.0 Å². The van der Waals surface area contributed by atoms with Crippen molar-refractivity contribution in [2.75, 3.05) is 0 Å². The summed E-state index contributed by atoms with van der Waals surface area (Å²) in [4.78, 5) is 11.0. The molecule has 1 aromatic heterocycles. The number of benzene rings is 1. The van der Waals surface area contributed by atoms with Crippen molar-refractivity contribution in [3.05, 3.63) is 53.9 Å². The number of alkyl halides is 3. The van der Waals surface area contributed by atoms with E-state index in [1.54, 1.807) is 29.1 Å². The normalized spacial score (nSPS) is 17.2. The zero-order valence-electron chi connectivity index (χ0n) is 10.8. The van der Waals surface area contributed by atoms with E-state index in [9.17, 15) is 18.0 Å². The molecule has 0 bridgehead atoms. The second-order valence-corrected chi connectivity index (χ2v) is 4.68. The molecule has 108 valence electrons. The van der Waals surface area contributed by atoms with Crippen molar-refractivity contribution in [2.24, 2.45) is 0 Å². The Labute approximate surface area is 118 Å². The van der Waals surface area contributed by atoms with E-state index in [-0.39, 0.29) is 0 Å². The Morgan fingerprint density at radius 3 is 2.43 bits per heavy atom. The van der Waals surface area contributed by atoms with Gasteiger partial charge in [0.2, 0.25) is 0 Å². The molecule has 21 heavy (non-hydrogen) atoms. The molecule has 1 aliphatic rings. The van der Waals surface area contributed by atoms with Gasteiger partial charge in [-0.2, -0.15) is 13.2 Å². The van der Waals surface area contributed by atoms with Crippen LogP contribution in [0.1, 0.15) is 17.3 Å². The minimum atomic E-state index is -4.34. The van der Waals surface area contributed by atoms with Gasteiger partial charge >= 0.3 is 6.18 Å². The minimum absolute atomic E-state index is 0.446. The van der Waals surface area contributed by atoms with Crippen molar-refractivity contribution < 1.29 is 18.0 Å². The highest BCUT2D eigenvalue weighted by molar-refractivity contribution is 5.69. The summed E-state index contributed by atoms with van der Waals surface area (Å²) in [5, 5.41) is 2.90. The summed E-state index contributed by atoms with van der Waals surface area (Å²) < 4.78 is 39.5. The fraction of sp³-hybridized carbons (Fsp3) is 0.133. The Morgan fingerprint density at radius 1 is 1.10 bits per heavy atom. The Morgan fingerprint density at radius 2 is 1.81 bits per heavy atom. The molecule has 1 N–H and O–H groups in total. The molecule has 1 aromatic carbocycles. The van der Waals surface area contributed by atoms with Gasteiger partial charge in [-0.05, 0) is 29.8 Å². The molecular formula is C15H11F3N2O. The number of carbonyl (C=O) groups is 1. The van der Waals surface area contributed by atoms with Gasteiger partial charge in [0.1, 0.15) is 12.3 Å². The first-order valence-electron chi connectivity index (χ1n) is 6.27. The van der Waals surface area contributed by atoms with Crippen LogP contribution >= 0.6 is 0 Å². The number of hydrogen-bond donors (Lipinski definition) is 1. The van der Waals surface area contributed by atoms with Crippen molar-refractivity contribution in [1.82, 2.24) is 9.88 Å². The lowest BCUT2D eigenvalue weighted by Crippen LogP contribution is -2.23. The molecule has 0 spiro atoms. The largest absolute Gasteiger partial charge is 0.416 e. The number of nitrogens with one attached hydrogen (secondary N) is 1. The summed E-state index contributed by atoms with van der Waals surface area (Å²) in [6, 6.07) is 8.08. The predicted molar refractivity (Wildman–Crippen MR) is 72.1 cm³/mol. The summed E-state index contributed by atoms with van der Waals surface area (Å²) in [5.41, 5.74) is 1.47. The van der Waals surface area contributed by atoms with Crippen molar-refractivity contribution >= 4 is 12.5 Å². The number of aldehydes is 1. The Bertz CT molecular complexity index is 699. The summed E-state index contributed by atoms with van der Waals surface area (Å²) in [6.07, 6.45) is -0.183. The molecule has 1 aliphatic heterocycles. The van der Waals surface area contributed by atoms with E-state index in [2.05, 4.69) is 5.32 Å². The minimum Gasteiger partial charge on any atom is -0.375 e. The molecule has 0 amide bonds. The molecule has 0 radical (unpaired) electrons.